The zero-order valence-corrected chi connectivity index (χ0v) is 12.5. The number of nitrogens with zero attached hydrogens (tertiary/aromatic N) is 3. The molecule has 0 radical (unpaired) electrons. The lowest BCUT2D eigenvalue weighted by Gasteiger charge is -2.02. The summed E-state index contributed by atoms with van der Waals surface area (Å²) in [5, 5.41) is 10.6. The molecule has 2 heterocycles. The van der Waals surface area contributed by atoms with Crippen LogP contribution in [-0.4, -0.2) is 10.8 Å². The van der Waals surface area contributed by atoms with E-state index in [1.165, 1.54) is 0 Å². The Bertz CT molecular complexity index is 783. The van der Waals surface area contributed by atoms with Crippen LogP contribution in [0, 0.1) is 6.92 Å². The van der Waals surface area contributed by atoms with Crippen LogP contribution in [0.15, 0.2) is 68.7 Å². The van der Waals surface area contributed by atoms with Crippen LogP contribution in [0.4, 0.5) is 0 Å². The van der Waals surface area contributed by atoms with Crippen LogP contribution in [0.25, 0.3) is 0 Å². The predicted octanol–water partition coefficient (Wildman–Crippen LogP) is 3.43. The molecule has 0 aliphatic heterocycles. The Morgan fingerprint density at radius 1 is 1.19 bits per heavy atom. The van der Waals surface area contributed by atoms with Crippen LogP contribution in [0.5, 0.6) is 0 Å². The van der Waals surface area contributed by atoms with E-state index in [1.807, 2.05) is 42.5 Å². The molecule has 0 N–H and O–H groups in total. The molecule has 0 aliphatic carbocycles. The maximum atomic E-state index is 5.39. The standard InChI is InChI=1S/C16H15N3OS/c1-13-12-21-16(19(13)11-15-8-5-9-20-15)18-17-10-14-6-3-2-4-7-14/h2-10,12H,11H2,1H3/b17-10+,18-16-. The third-order valence-electron chi connectivity index (χ3n) is 3.04. The van der Waals surface area contributed by atoms with E-state index in [9.17, 15) is 0 Å². The third kappa shape index (κ3) is 3.38. The van der Waals surface area contributed by atoms with Gasteiger partial charge in [0, 0.05) is 11.1 Å². The fourth-order valence-corrected chi connectivity index (χ4v) is 2.76. The van der Waals surface area contributed by atoms with Crippen molar-refractivity contribution in [3.05, 3.63) is 75.9 Å². The number of furan rings is 1. The average molecular weight is 297 g/mol. The molecule has 0 saturated carbocycles. The maximum absolute atomic E-state index is 5.39. The molecule has 0 bridgehead atoms. The number of aryl methyl sites for hydroxylation is 1. The van der Waals surface area contributed by atoms with E-state index in [0.29, 0.717) is 6.54 Å². The monoisotopic (exact) mass is 297 g/mol. The second-order valence-electron chi connectivity index (χ2n) is 4.58. The van der Waals surface area contributed by atoms with Gasteiger partial charge in [-0.05, 0) is 24.6 Å². The van der Waals surface area contributed by atoms with Gasteiger partial charge in [-0.2, -0.15) is 5.10 Å². The highest BCUT2D eigenvalue weighted by Crippen LogP contribution is 2.06. The predicted molar refractivity (Wildman–Crippen MR) is 84.5 cm³/mol. The minimum Gasteiger partial charge on any atom is -0.467 e. The summed E-state index contributed by atoms with van der Waals surface area (Å²) in [5.74, 6) is 0.907. The van der Waals surface area contributed by atoms with E-state index >= 15 is 0 Å². The van der Waals surface area contributed by atoms with Crippen LogP contribution >= 0.6 is 11.3 Å². The molecule has 0 fully saturated rings. The van der Waals surface area contributed by atoms with Gasteiger partial charge in [-0.15, -0.1) is 16.4 Å². The Morgan fingerprint density at radius 2 is 2.05 bits per heavy atom. The fraction of sp³-hybridized carbons (Fsp3) is 0.125. The first kappa shape index (κ1) is 13.6. The molecule has 106 valence electrons. The molecule has 0 saturated heterocycles. The second kappa shape index (κ2) is 6.37. The Hall–Kier alpha value is -2.40. The average Bonchev–Trinajstić information content (AvgIpc) is 3.13. The highest BCUT2D eigenvalue weighted by atomic mass is 32.1. The molecule has 3 rings (SSSR count). The molecule has 0 amide bonds. The van der Waals surface area contributed by atoms with Gasteiger partial charge in [0.05, 0.1) is 19.0 Å². The number of aromatic nitrogens is 1. The minimum absolute atomic E-state index is 0.669. The van der Waals surface area contributed by atoms with Crippen molar-refractivity contribution in [2.75, 3.05) is 0 Å². The zero-order chi connectivity index (χ0) is 14.5. The van der Waals surface area contributed by atoms with Crippen LogP contribution in [0.2, 0.25) is 0 Å². The number of rotatable bonds is 4. The van der Waals surface area contributed by atoms with Crippen molar-refractivity contribution < 1.29 is 4.42 Å². The lowest BCUT2D eigenvalue weighted by atomic mass is 10.2. The molecule has 1 aromatic carbocycles. The Morgan fingerprint density at radius 3 is 2.81 bits per heavy atom. The molecule has 4 nitrogen and oxygen atoms in total. The van der Waals surface area contributed by atoms with Gasteiger partial charge in [-0.3, -0.25) is 0 Å². The molecule has 3 aromatic rings. The van der Waals surface area contributed by atoms with Crippen LogP contribution in [-0.2, 0) is 6.54 Å². The van der Waals surface area contributed by atoms with E-state index in [0.717, 1.165) is 21.8 Å². The molecule has 2 aromatic heterocycles. The van der Waals surface area contributed by atoms with E-state index < -0.39 is 0 Å². The normalized spacial score (nSPS) is 12.3. The van der Waals surface area contributed by atoms with Crippen molar-refractivity contribution in [1.29, 1.82) is 0 Å². The summed E-state index contributed by atoms with van der Waals surface area (Å²) < 4.78 is 7.48. The molecule has 21 heavy (non-hydrogen) atoms. The number of hydrogen-bond acceptors (Lipinski definition) is 4. The van der Waals surface area contributed by atoms with Gasteiger partial charge in [0.1, 0.15) is 5.76 Å². The summed E-state index contributed by atoms with van der Waals surface area (Å²) in [6, 6.07) is 13.8. The topological polar surface area (TPSA) is 42.8 Å². The van der Waals surface area contributed by atoms with E-state index in [4.69, 9.17) is 4.42 Å². The summed E-state index contributed by atoms with van der Waals surface area (Å²) in [4.78, 5) is 0.857. The molecule has 0 unspecified atom stereocenters. The van der Waals surface area contributed by atoms with Crippen molar-refractivity contribution in [2.45, 2.75) is 13.5 Å². The zero-order valence-electron chi connectivity index (χ0n) is 11.6. The van der Waals surface area contributed by atoms with Gasteiger partial charge >= 0.3 is 0 Å². The molecule has 0 aliphatic rings. The summed E-state index contributed by atoms with van der Waals surface area (Å²) in [5.41, 5.74) is 2.18. The number of thiazole rings is 1. The highest BCUT2D eigenvalue weighted by Gasteiger charge is 2.03. The summed E-state index contributed by atoms with van der Waals surface area (Å²) >= 11 is 1.57. The van der Waals surface area contributed by atoms with Gasteiger partial charge in [0.25, 0.3) is 0 Å². The second-order valence-corrected chi connectivity index (χ2v) is 5.42. The summed E-state index contributed by atoms with van der Waals surface area (Å²) in [6.45, 7) is 2.72. The van der Waals surface area contributed by atoms with E-state index in [2.05, 4.69) is 27.1 Å². The highest BCUT2D eigenvalue weighted by molar-refractivity contribution is 7.07. The first-order chi connectivity index (χ1) is 10.3. The van der Waals surface area contributed by atoms with Crippen molar-refractivity contribution in [2.24, 2.45) is 10.2 Å². The fourth-order valence-electron chi connectivity index (χ4n) is 1.93. The van der Waals surface area contributed by atoms with Crippen LogP contribution in [0.1, 0.15) is 17.0 Å². The Balaban J connectivity index is 1.85. The Labute approximate surface area is 126 Å². The van der Waals surface area contributed by atoms with E-state index in [1.54, 1.807) is 23.8 Å². The first-order valence-corrected chi connectivity index (χ1v) is 7.50. The summed E-state index contributed by atoms with van der Waals surface area (Å²) in [7, 11) is 0. The summed E-state index contributed by atoms with van der Waals surface area (Å²) in [6.07, 6.45) is 3.44. The van der Waals surface area contributed by atoms with Gasteiger partial charge in [0.2, 0.25) is 4.80 Å². The van der Waals surface area contributed by atoms with E-state index in [-0.39, 0.29) is 0 Å². The minimum atomic E-state index is 0.669. The van der Waals surface area contributed by atoms with Crippen molar-refractivity contribution >= 4 is 17.6 Å². The SMILES string of the molecule is Cc1cs/c(=N\N=C\c2ccccc2)n1Cc1ccco1. The van der Waals surface area contributed by atoms with Crippen molar-refractivity contribution in [1.82, 2.24) is 4.57 Å². The largest absolute Gasteiger partial charge is 0.467 e. The van der Waals surface area contributed by atoms with Crippen molar-refractivity contribution in [3.63, 3.8) is 0 Å². The van der Waals surface area contributed by atoms with Gasteiger partial charge in [0.15, 0.2) is 0 Å². The van der Waals surface area contributed by atoms with Gasteiger partial charge in [-0.25, -0.2) is 0 Å². The molecular formula is C16H15N3OS. The molecule has 0 atom stereocenters. The molecular weight excluding hydrogens is 282 g/mol. The molecule has 0 spiro atoms. The number of benzene rings is 1. The number of hydrogen-bond donors (Lipinski definition) is 0. The first-order valence-electron chi connectivity index (χ1n) is 6.62. The third-order valence-corrected chi connectivity index (χ3v) is 4.01. The van der Waals surface area contributed by atoms with Crippen LogP contribution in [0.3, 0.4) is 0 Å². The lowest BCUT2D eigenvalue weighted by Crippen LogP contribution is -2.16. The smallest absolute Gasteiger partial charge is 0.211 e. The Kier molecular flexibility index (Phi) is 4.12. The van der Waals surface area contributed by atoms with Gasteiger partial charge in [-0.1, -0.05) is 30.3 Å². The van der Waals surface area contributed by atoms with Crippen LogP contribution < -0.4 is 4.80 Å². The molecule has 5 heteroatoms. The van der Waals surface area contributed by atoms with Crippen molar-refractivity contribution in [3.8, 4) is 0 Å². The van der Waals surface area contributed by atoms with Gasteiger partial charge < -0.3 is 8.98 Å². The quantitative estimate of drug-likeness (QED) is 0.537. The lowest BCUT2D eigenvalue weighted by molar-refractivity contribution is 0.488. The maximum Gasteiger partial charge on any atom is 0.211 e.